The maximum absolute atomic E-state index is 11.2. The molecule has 0 heterocycles. The molecule has 0 saturated carbocycles. The molecule has 0 fully saturated rings. The number of hydrogen-bond donors (Lipinski definition) is 1. The molecule has 0 aromatic rings. The van der Waals surface area contributed by atoms with E-state index in [1.165, 1.54) is 0 Å². The molecule has 21 heavy (non-hydrogen) atoms. The average Bonchev–Trinajstić information content (AvgIpc) is 2.42. The summed E-state index contributed by atoms with van der Waals surface area (Å²) in [5.41, 5.74) is 0. The van der Waals surface area contributed by atoms with Crippen LogP contribution in [-0.4, -0.2) is 64.8 Å². The second-order valence-electron chi connectivity index (χ2n) is 5.40. The summed E-state index contributed by atoms with van der Waals surface area (Å²) in [6.45, 7) is 12.3. The summed E-state index contributed by atoms with van der Waals surface area (Å²) in [7, 11) is 0. The summed E-state index contributed by atoms with van der Waals surface area (Å²) in [5.74, 6) is 0.293. The Balaban J connectivity index is 3.13. The number of esters is 1. The van der Waals surface area contributed by atoms with Gasteiger partial charge in [-0.2, -0.15) is 0 Å². The number of rotatable bonds is 14. The van der Waals surface area contributed by atoms with Crippen molar-refractivity contribution in [3.8, 4) is 0 Å². The zero-order chi connectivity index (χ0) is 15.9. The van der Waals surface area contributed by atoms with Crippen molar-refractivity contribution in [1.29, 1.82) is 0 Å². The first-order chi connectivity index (χ1) is 10.0. The van der Waals surface area contributed by atoms with Crippen molar-refractivity contribution in [2.24, 2.45) is 5.92 Å². The van der Waals surface area contributed by atoms with Crippen molar-refractivity contribution in [2.75, 3.05) is 52.7 Å². The summed E-state index contributed by atoms with van der Waals surface area (Å²) >= 11 is 0. The van der Waals surface area contributed by atoms with Gasteiger partial charge in [0.05, 0.1) is 32.5 Å². The molecule has 0 aliphatic heterocycles. The van der Waals surface area contributed by atoms with Gasteiger partial charge in [0.1, 0.15) is 13.2 Å². The lowest BCUT2D eigenvalue weighted by molar-refractivity contribution is -0.152. The molecule has 0 saturated heterocycles. The van der Waals surface area contributed by atoms with Crippen LogP contribution in [0.2, 0.25) is 0 Å². The van der Waals surface area contributed by atoms with E-state index >= 15 is 0 Å². The molecular formula is C15H31NO5. The maximum atomic E-state index is 11.2. The van der Waals surface area contributed by atoms with Crippen LogP contribution in [0, 0.1) is 5.92 Å². The standard InChI is InChI=1S/C15H31NO5/c1-13(2)11-16-5-6-18-7-8-19-9-10-20-15(17)12-21-14(3)4/h13-14,16H,5-12H2,1-4H3. The summed E-state index contributed by atoms with van der Waals surface area (Å²) in [5, 5.41) is 3.29. The van der Waals surface area contributed by atoms with Gasteiger partial charge in [0, 0.05) is 6.54 Å². The van der Waals surface area contributed by atoms with Crippen molar-refractivity contribution in [3.05, 3.63) is 0 Å². The second-order valence-corrected chi connectivity index (χ2v) is 5.40. The number of hydrogen-bond acceptors (Lipinski definition) is 6. The van der Waals surface area contributed by atoms with Gasteiger partial charge in [-0.3, -0.25) is 0 Å². The van der Waals surface area contributed by atoms with Crippen LogP contribution < -0.4 is 5.32 Å². The maximum Gasteiger partial charge on any atom is 0.332 e. The molecule has 0 rings (SSSR count). The quantitative estimate of drug-likeness (QED) is 0.385. The molecule has 6 heteroatoms. The molecule has 0 amide bonds. The number of nitrogens with one attached hydrogen (secondary N) is 1. The molecule has 0 aromatic carbocycles. The molecule has 0 radical (unpaired) electrons. The van der Waals surface area contributed by atoms with Crippen LogP contribution in [0.4, 0.5) is 0 Å². The van der Waals surface area contributed by atoms with Gasteiger partial charge < -0.3 is 24.3 Å². The van der Waals surface area contributed by atoms with E-state index in [0.29, 0.717) is 32.3 Å². The van der Waals surface area contributed by atoms with E-state index in [9.17, 15) is 4.79 Å². The molecule has 0 aliphatic carbocycles. The lowest BCUT2D eigenvalue weighted by Gasteiger charge is -2.09. The average molecular weight is 305 g/mol. The van der Waals surface area contributed by atoms with E-state index in [4.69, 9.17) is 18.9 Å². The number of carbonyl (C=O) groups excluding carboxylic acids is 1. The Kier molecular flexibility index (Phi) is 13.8. The minimum absolute atomic E-state index is 0.00977. The van der Waals surface area contributed by atoms with E-state index in [2.05, 4.69) is 19.2 Å². The van der Waals surface area contributed by atoms with E-state index in [1.807, 2.05) is 13.8 Å². The highest BCUT2D eigenvalue weighted by Crippen LogP contribution is 1.89. The fraction of sp³-hybridized carbons (Fsp3) is 0.933. The third-order valence-corrected chi connectivity index (χ3v) is 2.37. The van der Waals surface area contributed by atoms with Crippen LogP contribution in [0.25, 0.3) is 0 Å². The van der Waals surface area contributed by atoms with Gasteiger partial charge in [0.15, 0.2) is 0 Å². The lowest BCUT2D eigenvalue weighted by atomic mass is 10.2. The first-order valence-corrected chi connectivity index (χ1v) is 7.65. The van der Waals surface area contributed by atoms with Gasteiger partial charge >= 0.3 is 5.97 Å². The molecular weight excluding hydrogens is 274 g/mol. The molecule has 0 bridgehead atoms. The smallest absolute Gasteiger partial charge is 0.332 e. The molecule has 0 atom stereocenters. The predicted octanol–water partition coefficient (Wildman–Crippen LogP) is 1.23. The van der Waals surface area contributed by atoms with Crippen molar-refractivity contribution in [3.63, 3.8) is 0 Å². The fourth-order valence-electron chi connectivity index (χ4n) is 1.35. The normalized spacial score (nSPS) is 11.3. The van der Waals surface area contributed by atoms with Crippen LogP contribution in [0.3, 0.4) is 0 Å². The van der Waals surface area contributed by atoms with E-state index in [-0.39, 0.29) is 25.3 Å². The SMILES string of the molecule is CC(C)CNCCOCCOCCOC(=O)COC(C)C. The fourth-order valence-corrected chi connectivity index (χ4v) is 1.35. The van der Waals surface area contributed by atoms with Crippen LogP contribution in [0.15, 0.2) is 0 Å². The molecule has 6 nitrogen and oxygen atoms in total. The van der Waals surface area contributed by atoms with Gasteiger partial charge in [-0.1, -0.05) is 13.8 Å². The zero-order valence-electron chi connectivity index (χ0n) is 13.9. The highest BCUT2D eigenvalue weighted by molar-refractivity contribution is 5.70. The van der Waals surface area contributed by atoms with Gasteiger partial charge in [0.25, 0.3) is 0 Å². The van der Waals surface area contributed by atoms with Crippen LogP contribution in [0.1, 0.15) is 27.7 Å². The molecule has 126 valence electrons. The van der Waals surface area contributed by atoms with Crippen LogP contribution >= 0.6 is 0 Å². The second kappa shape index (κ2) is 14.3. The first-order valence-electron chi connectivity index (χ1n) is 7.65. The summed E-state index contributed by atoms with van der Waals surface area (Å²) in [4.78, 5) is 11.2. The lowest BCUT2D eigenvalue weighted by Crippen LogP contribution is -2.24. The zero-order valence-corrected chi connectivity index (χ0v) is 13.9. The Hall–Kier alpha value is -0.690. The molecule has 0 aromatic heterocycles. The van der Waals surface area contributed by atoms with Crippen molar-refractivity contribution >= 4 is 5.97 Å². The summed E-state index contributed by atoms with van der Waals surface area (Å²) in [6, 6.07) is 0. The Morgan fingerprint density at radius 2 is 1.57 bits per heavy atom. The third kappa shape index (κ3) is 17.3. The largest absolute Gasteiger partial charge is 0.462 e. The first kappa shape index (κ1) is 20.3. The molecule has 0 spiro atoms. The third-order valence-electron chi connectivity index (χ3n) is 2.37. The monoisotopic (exact) mass is 305 g/mol. The van der Waals surface area contributed by atoms with E-state index in [0.717, 1.165) is 13.1 Å². The van der Waals surface area contributed by atoms with Crippen molar-refractivity contribution in [1.82, 2.24) is 5.32 Å². The van der Waals surface area contributed by atoms with Gasteiger partial charge in [-0.15, -0.1) is 0 Å². The van der Waals surface area contributed by atoms with Gasteiger partial charge in [-0.25, -0.2) is 4.79 Å². The highest BCUT2D eigenvalue weighted by atomic mass is 16.6. The topological polar surface area (TPSA) is 66.0 Å². The molecule has 0 unspecified atom stereocenters. The predicted molar refractivity (Wildman–Crippen MR) is 81.4 cm³/mol. The Labute approximate surface area is 128 Å². The van der Waals surface area contributed by atoms with Gasteiger partial charge in [0.2, 0.25) is 0 Å². The number of carbonyl (C=O) groups is 1. The Morgan fingerprint density at radius 3 is 2.19 bits per heavy atom. The van der Waals surface area contributed by atoms with Crippen LogP contribution in [0.5, 0.6) is 0 Å². The Bertz CT molecular complexity index is 246. The summed E-state index contributed by atoms with van der Waals surface area (Å²) in [6.07, 6.45) is 0.0287. The number of ether oxygens (including phenoxy) is 4. The van der Waals surface area contributed by atoms with Crippen molar-refractivity contribution in [2.45, 2.75) is 33.8 Å². The van der Waals surface area contributed by atoms with E-state index < -0.39 is 0 Å². The van der Waals surface area contributed by atoms with Crippen molar-refractivity contribution < 1.29 is 23.7 Å². The minimum Gasteiger partial charge on any atom is -0.462 e. The van der Waals surface area contributed by atoms with E-state index in [1.54, 1.807) is 0 Å². The Morgan fingerprint density at radius 1 is 0.952 bits per heavy atom. The highest BCUT2D eigenvalue weighted by Gasteiger charge is 2.04. The van der Waals surface area contributed by atoms with Crippen LogP contribution in [-0.2, 0) is 23.7 Å². The molecule has 0 aliphatic rings. The minimum atomic E-state index is -0.361. The van der Waals surface area contributed by atoms with Gasteiger partial charge in [-0.05, 0) is 26.3 Å². The summed E-state index contributed by atoms with van der Waals surface area (Å²) < 4.78 is 20.7. The molecule has 1 N–H and O–H groups in total.